The second-order valence-corrected chi connectivity index (χ2v) is 6.77. The molecule has 4 N–H and O–H groups in total. The van der Waals surface area contributed by atoms with Crippen LogP contribution in [-0.2, 0) is 0 Å². The summed E-state index contributed by atoms with van der Waals surface area (Å²) in [6.45, 7) is 0. The van der Waals surface area contributed by atoms with Crippen LogP contribution < -0.4 is 11.5 Å². The summed E-state index contributed by atoms with van der Waals surface area (Å²) in [6.07, 6.45) is 3.49. The van der Waals surface area contributed by atoms with E-state index >= 15 is 0 Å². The highest BCUT2D eigenvalue weighted by Crippen LogP contribution is 2.39. The van der Waals surface area contributed by atoms with Gasteiger partial charge >= 0.3 is 0 Å². The molecule has 0 saturated heterocycles. The average molecular weight is 345 g/mol. The van der Waals surface area contributed by atoms with Crippen LogP contribution in [0.15, 0.2) is 67.0 Å². The zero-order valence-electron chi connectivity index (χ0n) is 13.3. The van der Waals surface area contributed by atoms with Crippen molar-refractivity contribution in [3.63, 3.8) is 0 Å². The van der Waals surface area contributed by atoms with Gasteiger partial charge in [-0.2, -0.15) is 0 Å². The van der Waals surface area contributed by atoms with Crippen molar-refractivity contribution in [2.75, 3.05) is 5.73 Å². The first-order valence-corrected chi connectivity index (χ1v) is 8.58. The molecule has 0 radical (unpaired) electrons. The fourth-order valence-electron chi connectivity index (χ4n) is 2.97. The molecule has 2 aromatic carbocycles. The van der Waals surface area contributed by atoms with E-state index in [1.165, 1.54) is 11.3 Å². The normalized spacial score (nSPS) is 10.9. The fraction of sp³-hybridized carbons (Fsp3) is 0. The van der Waals surface area contributed by atoms with Crippen molar-refractivity contribution < 1.29 is 4.79 Å². The Kier molecular flexibility index (Phi) is 3.71. The third-order valence-electron chi connectivity index (χ3n) is 4.14. The number of primary amides is 1. The van der Waals surface area contributed by atoms with Crippen molar-refractivity contribution in [2.24, 2.45) is 5.73 Å². The summed E-state index contributed by atoms with van der Waals surface area (Å²) in [5.41, 5.74) is 16.2. The number of aromatic nitrogens is 1. The summed E-state index contributed by atoms with van der Waals surface area (Å²) in [6, 6.07) is 18.4. The SMILES string of the molecule is NC(=O)c1sc2cncc(-c3cccc(-c4ccccc4)c3)c2c1N. The van der Waals surface area contributed by atoms with Gasteiger partial charge in [0.15, 0.2) is 0 Å². The fourth-order valence-corrected chi connectivity index (χ4v) is 3.94. The number of pyridine rings is 1. The van der Waals surface area contributed by atoms with E-state index < -0.39 is 5.91 Å². The minimum atomic E-state index is -0.511. The maximum atomic E-state index is 11.6. The first kappa shape index (κ1) is 15.4. The van der Waals surface area contributed by atoms with Gasteiger partial charge in [-0.15, -0.1) is 11.3 Å². The molecule has 0 aliphatic heterocycles. The van der Waals surface area contributed by atoms with Crippen LogP contribution in [0.25, 0.3) is 32.3 Å². The van der Waals surface area contributed by atoms with Crippen LogP contribution in [0.5, 0.6) is 0 Å². The Labute approximate surface area is 148 Å². The number of hydrogen-bond acceptors (Lipinski definition) is 4. The van der Waals surface area contributed by atoms with Crippen molar-refractivity contribution >= 4 is 33.0 Å². The third-order valence-corrected chi connectivity index (χ3v) is 5.30. The van der Waals surface area contributed by atoms with Gasteiger partial charge in [0.25, 0.3) is 5.91 Å². The van der Waals surface area contributed by atoms with E-state index in [-0.39, 0.29) is 0 Å². The second kappa shape index (κ2) is 6.03. The van der Waals surface area contributed by atoms with Crippen molar-refractivity contribution in [2.45, 2.75) is 0 Å². The molecule has 1 amide bonds. The molecule has 0 aliphatic rings. The molecule has 5 heteroatoms. The first-order valence-electron chi connectivity index (χ1n) is 7.77. The van der Waals surface area contributed by atoms with Gasteiger partial charge in [-0.05, 0) is 22.8 Å². The Hall–Kier alpha value is -3.18. The zero-order chi connectivity index (χ0) is 17.4. The summed E-state index contributed by atoms with van der Waals surface area (Å²) < 4.78 is 0.855. The van der Waals surface area contributed by atoms with Gasteiger partial charge < -0.3 is 11.5 Å². The average Bonchev–Trinajstić information content (AvgIpc) is 3.00. The summed E-state index contributed by atoms with van der Waals surface area (Å²) in [5.74, 6) is -0.511. The molecule has 25 heavy (non-hydrogen) atoms. The van der Waals surface area contributed by atoms with E-state index in [0.717, 1.165) is 32.3 Å². The quantitative estimate of drug-likeness (QED) is 0.580. The van der Waals surface area contributed by atoms with E-state index in [4.69, 9.17) is 11.5 Å². The van der Waals surface area contributed by atoms with E-state index in [1.54, 1.807) is 12.4 Å². The van der Waals surface area contributed by atoms with Gasteiger partial charge in [0.2, 0.25) is 0 Å². The van der Waals surface area contributed by atoms with E-state index in [9.17, 15) is 4.79 Å². The smallest absolute Gasteiger partial charge is 0.260 e. The lowest BCUT2D eigenvalue weighted by molar-refractivity contribution is 0.100. The topological polar surface area (TPSA) is 82.0 Å². The summed E-state index contributed by atoms with van der Waals surface area (Å²) in [7, 11) is 0. The lowest BCUT2D eigenvalue weighted by Crippen LogP contribution is -2.10. The molecule has 0 aliphatic carbocycles. The molecule has 0 fully saturated rings. The van der Waals surface area contributed by atoms with Crippen LogP contribution >= 0.6 is 11.3 Å². The number of anilines is 1. The van der Waals surface area contributed by atoms with Gasteiger partial charge in [0.1, 0.15) is 4.88 Å². The lowest BCUT2D eigenvalue weighted by Gasteiger charge is -2.08. The standard InChI is InChI=1S/C20H15N3OS/c21-18-17-15(10-23-11-16(17)25-19(18)20(22)24)14-8-4-7-13(9-14)12-5-2-1-3-6-12/h1-11H,21H2,(H2,22,24). The molecule has 4 rings (SSSR count). The summed E-state index contributed by atoms with van der Waals surface area (Å²) >= 11 is 1.28. The number of carbonyl (C=O) groups is 1. The Morgan fingerprint density at radius 1 is 0.920 bits per heavy atom. The van der Waals surface area contributed by atoms with Crippen LogP contribution in [0.2, 0.25) is 0 Å². The van der Waals surface area contributed by atoms with Crippen molar-refractivity contribution in [1.29, 1.82) is 0 Å². The van der Waals surface area contributed by atoms with Gasteiger partial charge in [0, 0.05) is 23.3 Å². The number of nitrogens with zero attached hydrogens (tertiary/aromatic N) is 1. The molecule has 122 valence electrons. The molecular weight excluding hydrogens is 330 g/mol. The predicted octanol–water partition coefficient (Wildman–Crippen LogP) is 4.31. The summed E-state index contributed by atoms with van der Waals surface area (Å²) in [5, 5.41) is 0.832. The van der Waals surface area contributed by atoms with Crippen LogP contribution in [-0.4, -0.2) is 10.9 Å². The number of thiophene rings is 1. The largest absolute Gasteiger partial charge is 0.397 e. The lowest BCUT2D eigenvalue weighted by atomic mass is 9.98. The van der Waals surface area contributed by atoms with Crippen molar-refractivity contribution in [1.82, 2.24) is 4.98 Å². The molecule has 2 aromatic heterocycles. The molecule has 0 unspecified atom stereocenters. The minimum Gasteiger partial charge on any atom is -0.397 e. The van der Waals surface area contributed by atoms with Gasteiger partial charge in [-0.1, -0.05) is 48.5 Å². The first-order chi connectivity index (χ1) is 12.1. The number of carbonyl (C=O) groups excluding carboxylic acids is 1. The molecule has 2 heterocycles. The number of rotatable bonds is 3. The maximum Gasteiger partial charge on any atom is 0.260 e. The van der Waals surface area contributed by atoms with E-state index in [1.807, 2.05) is 30.3 Å². The highest BCUT2D eigenvalue weighted by molar-refractivity contribution is 7.21. The Morgan fingerprint density at radius 2 is 1.64 bits per heavy atom. The van der Waals surface area contributed by atoms with Gasteiger partial charge in [0.05, 0.1) is 10.4 Å². The number of fused-ring (bicyclic) bond motifs is 1. The monoisotopic (exact) mass is 345 g/mol. The van der Waals surface area contributed by atoms with Crippen LogP contribution in [0.1, 0.15) is 9.67 Å². The predicted molar refractivity (Wildman–Crippen MR) is 103 cm³/mol. The Balaban J connectivity index is 1.92. The molecule has 0 saturated carbocycles. The number of nitrogens with two attached hydrogens (primary N) is 2. The number of hydrogen-bond donors (Lipinski definition) is 2. The molecular formula is C20H15N3OS. The zero-order valence-corrected chi connectivity index (χ0v) is 14.1. The Bertz CT molecular complexity index is 1090. The van der Waals surface area contributed by atoms with Gasteiger partial charge in [-0.3, -0.25) is 9.78 Å². The van der Waals surface area contributed by atoms with Crippen LogP contribution in [0.4, 0.5) is 5.69 Å². The second-order valence-electron chi connectivity index (χ2n) is 5.72. The number of amides is 1. The van der Waals surface area contributed by atoms with Crippen molar-refractivity contribution in [3.8, 4) is 22.3 Å². The summed E-state index contributed by atoms with van der Waals surface area (Å²) in [4.78, 5) is 16.3. The molecule has 4 aromatic rings. The van der Waals surface area contributed by atoms with Crippen LogP contribution in [0, 0.1) is 0 Å². The highest BCUT2D eigenvalue weighted by Gasteiger charge is 2.17. The molecule has 0 atom stereocenters. The Morgan fingerprint density at radius 3 is 2.40 bits per heavy atom. The van der Waals surface area contributed by atoms with Gasteiger partial charge in [-0.25, -0.2) is 0 Å². The van der Waals surface area contributed by atoms with Crippen LogP contribution in [0.3, 0.4) is 0 Å². The van der Waals surface area contributed by atoms with Crippen molar-refractivity contribution in [3.05, 3.63) is 71.9 Å². The minimum absolute atomic E-state index is 0.378. The van der Waals surface area contributed by atoms with E-state index in [0.29, 0.717) is 10.6 Å². The number of nitrogen functional groups attached to an aromatic ring is 1. The molecule has 4 nitrogen and oxygen atoms in total. The number of benzene rings is 2. The van der Waals surface area contributed by atoms with E-state index in [2.05, 4.69) is 29.2 Å². The highest BCUT2D eigenvalue weighted by atomic mass is 32.1. The molecule has 0 bridgehead atoms. The molecule has 0 spiro atoms. The third kappa shape index (κ3) is 2.64. The maximum absolute atomic E-state index is 11.6.